The highest BCUT2D eigenvalue weighted by Gasteiger charge is 2.42. The van der Waals surface area contributed by atoms with Gasteiger partial charge in [-0.1, -0.05) is 55.5 Å². The lowest BCUT2D eigenvalue weighted by Gasteiger charge is -2.28. The molecular weight excluding hydrogens is 647 g/mol. The van der Waals surface area contributed by atoms with E-state index in [4.69, 9.17) is 0 Å². The lowest BCUT2D eigenvalue weighted by atomic mass is 9.77. The molecule has 48 heavy (non-hydrogen) atoms. The van der Waals surface area contributed by atoms with Crippen molar-refractivity contribution >= 4 is 0 Å². The second-order valence-corrected chi connectivity index (χ2v) is 11.7. The summed E-state index contributed by atoms with van der Waals surface area (Å²) in [7, 11) is 0. The molecule has 4 aromatic carbocycles. The Morgan fingerprint density at radius 3 is 1.85 bits per heavy atom. The van der Waals surface area contributed by atoms with E-state index in [2.05, 4.69) is 28.5 Å². The third kappa shape index (κ3) is 8.35. The monoisotopic (exact) mass is 678 g/mol. The smallest absolute Gasteiger partial charge is 0.429 e. The Morgan fingerprint density at radius 2 is 1.27 bits per heavy atom. The van der Waals surface area contributed by atoms with Crippen LogP contribution in [0.3, 0.4) is 0 Å². The maximum atomic E-state index is 15.3. The molecule has 0 aromatic heterocycles. The van der Waals surface area contributed by atoms with Gasteiger partial charge in [-0.25, -0.2) is 17.6 Å². The Kier molecular flexibility index (Phi) is 10.5. The van der Waals surface area contributed by atoms with Gasteiger partial charge in [0.2, 0.25) is 0 Å². The minimum Gasteiger partial charge on any atom is -0.429 e. The molecule has 0 bridgehead atoms. The average Bonchev–Trinajstić information content (AvgIpc) is 3.01. The number of alkyl halides is 5. The van der Waals surface area contributed by atoms with Gasteiger partial charge < -0.3 is 9.47 Å². The van der Waals surface area contributed by atoms with Gasteiger partial charge in [0.25, 0.3) is 0 Å². The summed E-state index contributed by atoms with van der Waals surface area (Å²) in [6.45, 7) is 2.12. The number of hydrogen-bond acceptors (Lipinski definition) is 2. The van der Waals surface area contributed by atoms with Crippen LogP contribution in [0, 0.1) is 29.2 Å². The van der Waals surface area contributed by atoms with Crippen molar-refractivity contribution in [3.05, 3.63) is 119 Å². The first-order valence-corrected chi connectivity index (χ1v) is 15.4. The highest BCUT2D eigenvalue weighted by Crippen LogP contribution is 2.40. The van der Waals surface area contributed by atoms with Crippen LogP contribution < -0.4 is 9.47 Å². The maximum Gasteiger partial charge on any atom is 0.573 e. The van der Waals surface area contributed by atoms with Crippen molar-refractivity contribution in [1.29, 1.82) is 0 Å². The standard InChI is InChI=1S/C37H31F9O2/c1-2-3-4-5-22-6-8-23(9-7-22)24-10-12-25(13-11-24)26-14-16-29(30(38)18-26)27-19-32(40)35(33(41)20-27)36(42,43)47-28-15-17-34(31(39)21-28)48-37(44,45)46/h3-4,10-23H,2,5-9H2,1H3. The highest BCUT2D eigenvalue weighted by molar-refractivity contribution is 5.71. The third-order valence-corrected chi connectivity index (χ3v) is 8.42. The molecule has 0 N–H and O–H groups in total. The van der Waals surface area contributed by atoms with Crippen LogP contribution in [-0.4, -0.2) is 6.36 Å². The highest BCUT2D eigenvalue weighted by atomic mass is 19.4. The molecular formula is C37H31F9O2. The third-order valence-electron chi connectivity index (χ3n) is 8.42. The molecule has 0 aliphatic heterocycles. The SMILES string of the molecule is CCC=CCC1CCC(c2ccc(-c3ccc(-c4cc(F)c(C(F)(F)Oc5ccc(OC(F)(F)F)c(F)c5)c(F)c4)c(F)c3)cc2)CC1. The van der Waals surface area contributed by atoms with Gasteiger partial charge in [-0.15, -0.1) is 13.2 Å². The van der Waals surface area contributed by atoms with E-state index in [0.717, 1.165) is 44.1 Å². The molecule has 1 aliphatic carbocycles. The number of allylic oxidation sites excluding steroid dienone is 2. The zero-order chi connectivity index (χ0) is 34.6. The molecule has 0 atom stereocenters. The second-order valence-electron chi connectivity index (χ2n) is 11.7. The summed E-state index contributed by atoms with van der Waals surface area (Å²) in [4.78, 5) is 0. The van der Waals surface area contributed by atoms with Crippen LogP contribution in [0.4, 0.5) is 39.5 Å². The maximum absolute atomic E-state index is 15.3. The largest absolute Gasteiger partial charge is 0.573 e. The van der Waals surface area contributed by atoms with Crippen LogP contribution in [0.25, 0.3) is 22.3 Å². The lowest BCUT2D eigenvalue weighted by Crippen LogP contribution is -2.25. The molecule has 0 unspecified atom stereocenters. The van der Waals surface area contributed by atoms with Crippen LogP contribution >= 0.6 is 0 Å². The molecule has 1 saturated carbocycles. The fourth-order valence-corrected chi connectivity index (χ4v) is 6.02. The summed E-state index contributed by atoms with van der Waals surface area (Å²) in [5, 5.41) is 0. The van der Waals surface area contributed by atoms with Crippen molar-refractivity contribution in [3.63, 3.8) is 0 Å². The van der Waals surface area contributed by atoms with E-state index in [-0.39, 0.29) is 17.2 Å². The Labute approximate surface area is 271 Å². The Bertz CT molecular complexity index is 1730. The first kappa shape index (κ1) is 34.9. The normalized spacial score (nSPS) is 17.1. The number of benzene rings is 4. The molecule has 0 radical (unpaired) electrons. The number of halogens is 9. The second kappa shape index (κ2) is 14.4. The van der Waals surface area contributed by atoms with Crippen molar-refractivity contribution in [1.82, 2.24) is 0 Å². The minimum absolute atomic E-state index is 0.141. The molecule has 0 heterocycles. The van der Waals surface area contributed by atoms with Crippen LogP contribution in [0.15, 0.2) is 84.9 Å². The quantitative estimate of drug-likeness (QED) is 0.123. The Hall–Kier alpha value is -4.41. The Morgan fingerprint density at radius 1 is 0.646 bits per heavy atom. The molecule has 254 valence electrons. The van der Waals surface area contributed by atoms with E-state index in [1.807, 2.05) is 24.3 Å². The van der Waals surface area contributed by atoms with Gasteiger partial charge in [-0.3, -0.25) is 0 Å². The van der Waals surface area contributed by atoms with Crippen molar-refractivity contribution in [2.75, 3.05) is 0 Å². The van der Waals surface area contributed by atoms with Gasteiger partial charge in [-0.2, -0.15) is 8.78 Å². The van der Waals surface area contributed by atoms with E-state index in [9.17, 15) is 35.1 Å². The molecule has 2 nitrogen and oxygen atoms in total. The van der Waals surface area contributed by atoms with Crippen molar-refractivity contribution in [3.8, 4) is 33.8 Å². The molecule has 1 fully saturated rings. The average molecular weight is 679 g/mol. The predicted molar refractivity (Wildman–Crippen MR) is 164 cm³/mol. The van der Waals surface area contributed by atoms with Crippen LogP contribution in [0.2, 0.25) is 0 Å². The van der Waals surface area contributed by atoms with Crippen molar-refractivity contribution < 1.29 is 49.0 Å². The van der Waals surface area contributed by atoms with Crippen molar-refractivity contribution in [2.45, 2.75) is 63.8 Å². The molecule has 0 spiro atoms. The van der Waals surface area contributed by atoms with Gasteiger partial charge in [0.05, 0.1) is 0 Å². The zero-order valence-electron chi connectivity index (χ0n) is 25.7. The molecule has 0 amide bonds. The predicted octanol–water partition coefficient (Wildman–Crippen LogP) is 12.2. The van der Waals surface area contributed by atoms with Gasteiger partial charge in [-0.05, 0) is 103 Å². The summed E-state index contributed by atoms with van der Waals surface area (Å²) < 4.78 is 133. The summed E-state index contributed by atoms with van der Waals surface area (Å²) in [6, 6.07) is 13.8. The fraction of sp³-hybridized carbons (Fsp3) is 0.297. The first-order valence-electron chi connectivity index (χ1n) is 15.4. The Balaban J connectivity index is 1.28. The summed E-state index contributed by atoms with van der Waals surface area (Å²) in [6.07, 6.45) is 1.16. The van der Waals surface area contributed by atoms with Crippen LogP contribution in [0.1, 0.15) is 62.5 Å². The molecule has 0 saturated heterocycles. The van der Waals surface area contributed by atoms with E-state index in [1.54, 1.807) is 6.07 Å². The van der Waals surface area contributed by atoms with E-state index in [1.165, 1.54) is 17.7 Å². The molecule has 1 aliphatic rings. The zero-order valence-corrected chi connectivity index (χ0v) is 25.7. The summed E-state index contributed by atoms with van der Waals surface area (Å²) in [5.74, 6) is -7.35. The summed E-state index contributed by atoms with van der Waals surface area (Å²) in [5.41, 5.74) is -0.0441. The first-order chi connectivity index (χ1) is 22.7. The summed E-state index contributed by atoms with van der Waals surface area (Å²) >= 11 is 0. The number of ether oxygens (including phenoxy) is 2. The van der Waals surface area contributed by atoms with Gasteiger partial charge in [0.15, 0.2) is 11.6 Å². The van der Waals surface area contributed by atoms with Gasteiger partial charge in [0.1, 0.15) is 28.8 Å². The topological polar surface area (TPSA) is 18.5 Å². The van der Waals surface area contributed by atoms with Crippen LogP contribution in [0.5, 0.6) is 11.5 Å². The fourth-order valence-electron chi connectivity index (χ4n) is 6.02. The van der Waals surface area contributed by atoms with E-state index in [0.29, 0.717) is 41.7 Å². The number of rotatable bonds is 10. The number of hydrogen-bond donors (Lipinski definition) is 0. The van der Waals surface area contributed by atoms with Gasteiger partial charge in [0, 0.05) is 11.6 Å². The van der Waals surface area contributed by atoms with E-state index < -0.39 is 52.8 Å². The van der Waals surface area contributed by atoms with Gasteiger partial charge >= 0.3 is 12.5 Å². The van der Waals surface area contributed by atoms with E-state index >= 15 is 4.39 Å². The molecule has 5 rings (SSSR count). The lowest BCUT2D eigenvalue weighted by molar-refractivity contribution is -0.275. The van der Waals surface area contributed by atoms with Crippen LogP contribution in [-0.2, 0) is 6.11 Å². The molecule has 11 heteroatoms. The minimum atomic E-state index is -5.25. The molecule has 4 aromatic rings. The van der Waals surface area contributed by atoms with Crippen molar-refractivity contribution in [2.24, 2.45) is 5.92 Å².